The second kappa shape index (κ2) is 10.4. The maximum atomic E-state index is 9.30. The van der Waals surface area contributed by atoms with Crippen LogP contribution in [0.3, 0.4) is 0 Å². The van der Waals surface area contributed by atoms with E-state index in [0.29, 0.717) is 38.8 Å². The predicted octanol–water partition coefficient (Wildman–Crippen LogP) is 12.6. The monoisotopic (exact) mass is 580 g/mol. The molecule has 0 bridgehead atoms. The van der Waals surface area contributed by atoms with Crippen LogP contribution in [-0.2, 0) is 0 Å². The fourth-order valence-corrected chi connectivity index (χ4v) is 6.51. The first kappa shape index (κ1) is 18.7. The van der Waals surface area contributed by atoms with Crippen molar-refractivity contribution >= 4 is 43.5 Å². The highest BCUT2D eigenvalue weighted by Crippen LogP contribution is 2.47. The Morgan fingerprint density at radius 3 is 1.58 bits per heavy atom. The van der Waals surface area contributed by atoms with Crippen LogP contribution in [0.5, 0.6) is 0 Å². The Morgan fingerprint density at radius 1 is 0.378 bits per heavy atom. The Balaban J connectivity index is 1.41. The van der Waals surface area contributed by atoms with E-state index in [2.05, 4.69) is 30.3 Å². The minimum atomic E-state index is -0.436. The van der Waals surface area contributed by atoms with Crippen molar-refractivity contribution in [2.75, 3.05) is 0 Å². The molecule has 1 heterocycles. The van der Waals surface area contributed by atoms with Crippen molar-refractivity contribution in [3.05, 3.63) is 170 Å². The summed E-state index contributed by atoms with van der Waals surface area (Å²) < 4.78 is 78.4. The van der Waals surface area contributed by atoms with Gasteiger partial charge in [0.2, 0.25) is 0 Å². The molecule has 8 aromatic carbocycles. The van der Waals surface area contributed by atoms with E-state index < -0.39 is 24.2 Å². The summed E-state index contributed by atoms with van der Waals surface area (Å²) in [4.78, 5) is 0. The van der Waals surface area contributed by atoms with Crippen molar-refractivity contribution in [3.8, 4) is 44.5 Å². The molecule has 0 spiro atoms. The number of benzene rings is 8. The van der Waals surface area contributed by atoms with Gasteiger partial charge in [-0.2, -0.15) is 0 Å². The third-order valence-electron chi connectivity index (χ3n) is 8.51. The summed E-state index contributed by atoms with van der Waals surface area (Å²) in [5.74, 6) is 0. The van der Waals surface area contributed by atoms with Gasteiger partial charge in [-0.3, -0.25) is 0 Å². The van der Waals surface area contributed by atoms with E-state index in [-0.39, 0.29) is 45.7 Å². The summed E-state index contributed by atoms with van der Waals surface area (Å²) in [7, 11) is 0. The third-order valence-corrected chi connectivity index (χ3v) is 8.51. The molecule has 0 N–H and O–H groups in total. The maximum absolute atomic E-state index is 9.30. The average molecular weight is 581 g/mol. The van der Waals surface area contributed by atoms with Crippen LogP contribution in [0.4, 0.5) is 0 Å². The number of fused-ring (bicyclic) bond motifs is 5. The lowest BCUT2D eigenvalue weighted by molar-refractivity contribution is 0.669. The first-order valence-corrected chi connectivity index (χ1v) is 14.8. The summed E-state index contributed by atoms with van der Waals surface area (Å²) in [6, 6.07) is 36.0. The molecule has 0 fully saturated rings. The lowest BCUT2D eigenvalue weighted by atomic mass is 9.85. The number of hydrogen-bond donors (Lipinski definition) is 0. The van der Waals surface area contributed by atoms with Gasteiger partial charge in [-0.25, -0.2) is 0 Å². The lowest BCUT2D eigenvalue weighted by Gasteiger charge is -2.18. The van der Waals surface area contributed by atoms with Crippen molar-refractivity contribution in [2.45, 2.75) is 0 Å². The molecule has 0 saturated heterocycles. The first-order chi connectivity index (χ1) is 25.7. The number of hydrogen-bond acceptors (Lipinski definition) is 1. The van der Waals surface area contributed by atoms with E-state index in [1.54, 1.807) is 30.3 Å². The second-order valence-electron chi connectivity index (χ2n) is 11.1. The average Bonchev–Trinajstić information content (AvgIpc) is 3.58. The highest BCUT2D eigenvalue weighted by Gasteiger charge is 2.20. The maximum Gasteiger partial charge on any atom is 0.136 e. The molecule has 210 valence electrons. The van der Waals surface area contributed by atoms with Crippen molar-refractivity contribution in [1.29, 1.82) is 0 Å². The fourth-order valence-electron chi connectivity index (χ4n) is 6.51. The largest absolute Gasteiger partial charge is 0.456 e. The normalized spacial score (nSPS) is 14.0. The molecule has 0 saturated carbocycles. The van der Waals surface area contributed by atoms with Crippen LogP contribution in [0.15, 0.2) is 174 Å². The molecular weight excluding hydrogens is 544 g/mol. The zero-order chi connectivity index (χ0) is 36.7. The molecule has 0 atom stereocenters. The van der Waals surface area contributed by atoms with E-state index in [4.69, 9.17) is 9.90 Å². The molecule has 1 heteroatoms. The summed E-state index contributed by atoms with van der Waals surface area (Å²) in [5, 5.41) is 2.13. The van der Waals surface area contributed by atoms with Crippen molar-refractivity contribution in [1.82, 2.24) is 0 Å². The molecule has 1 aromatic heterocycles. The Kier molecular flexibility index (Phi) is 4.30. The predicted molar refractivity (Wildman–Crippen MR) is 190 cm³/mol. The standard InChI is InChI=1S/C44H28O/c1-3-13-29(14-4-1)31-17-11-18-32(27-31)33-25-26-38-41(28-33)45-40-24-12-23-39(44(38)40)43-36-21-9-7-19-34(36)42(30-15-5-2-6-16-30)35-20-8-10-22-37(35)43/h1-28H/i7D,8D,9D,10D,19D,20D,21D,22D. The molecule has 0 aliphatic heterocycles. The van der Waals surface area contributed by atoms with Gasteiger partial charge >= 0.3 is 0 Å². The number of furan rings is 1. The lowest BCUT2D eigenvalue weighted by Crippen LogP contribution is -1.91. The van der Waals surface area contributed by atoms with Crippen LogP contribution in [0, 0.1) is 0 Å². The summed E-state index contributed by atoms with van der Waals surface area (Å²) in [6.45, 7) is 0. The van der Waals surface area contributed by atoms with Gasteiger partial charge in [0.25, 0.3) is 0 Å². The van der Waals surface area contributed by atoms with Gasteiger partial charge in [0.15, 0.2) is 0 Å². The van der Waals surface area contributed by atoms with Gasteiger partial charge in [-0.1, -0.05) is 145 Å². The van der Waals surface area contributed by atoms with Gasteiger partial charge in [0.1, 0.15) is 11.2 Å². The molecule has 0 aliphatic rings. The Labute approximate surface area is 272 Å². The topological polar surface area (TPSA) is 13.1 Å². The Morgan fingerprint density at radius 2 is 0.911 bits per heavy atom. The molecule has 9 aromatic rings. The second-order valence-corrected chi connectivity index (χ2v) is 11.1. The van der Waals surface area contributed by atoms with E-state index in [0.717, 1.165) is 27.6 Å². The third kappa shape index (κ3) is 4.17. The van der Waals surface area contributed by atoms with E-state index >= 15 is 0 Å². The van der Waals surface area contributed by atoms with E-state index in [9.17, 15) is 5.48 Å². The van der Waals surface area contributed by atoms with E-state index in [1.807, 2.05) is 60.7 Å². The first-order valence-electron chi connectivity index (χ1n) is 18.8. The van der Waals surface area contributed by atoms with Crippen molar-refractivity contribution in [2.24, 2.45) is 0 Å². The van der Waals surface area contributed by atoms with Crippen LogP contribution in [0.25, 0.3) is 88.0 Å². The van der Waals surface area contributed by atoms with Gasteiger partial charge in [0.05, 0.1) is 11.0 Å². The van der Waals surface area contributed by atoms with Gasteiger partial charge in [-0.05, 0) is 90.3 Å². The minimum Gasteiger partial charge on any atom is -0.456 e. The van der Waals surface area contributed by atoms with Crippen LogP contribution < -0.4 is 0 Å². The Hall–Kier alpha value is -5.92. The van der Waals surface area contributed by atoms with Gasteiger partial charge in [-0.15, -0.1) is 0 Å². The highest BCUT2D eigenvalue weighted by atomic mass is 16.3. The zero-order valence-electron chi connectivity index (χ0n) is 32.0. The summed E-state index contributed by atoms with van der Waals surface area (Å²) in [6.07, 6.45) is 0. The van der Waals surface area contributed by atoms with Crippen LogP contribution in [0.1, 0.15) is 11.0 Å². The number of rotatable bonds is 4. The molecule has 0 aliphatic carbocycles. The highest BCUT2D eigenvalue weighted by molar-refractivity contribution is 6.25. The molecule has 0 unspecified atom stereocenters. The zero-order valence-corrected chi connectivity index (χ0v) is 24.0. The van der Waals surface area contributed by atoms with Crippen molar-refractivity contribution < 1.29 is 15.4 Å². The van der Waals surface area contributed by atoms with Gasteiger partial charge < -0.3 is 4.42 Å². The molecule has 1 nitrogen and oxygen atoms in total. The fraction of sp³-hybridized carbons (Fsp3) is 0. The Bertz CT molecular complexity index is 2890. The smallest absolute Gasteiger partial charge is 0.136 e. The minimum absolute atomic E-state index is 0.170. The van der Waals surface area contributed by atoms with Crippen molar-refractivity contribution in [3.63, 3.8) is 0 Å². The molecule has 45 heavy (non-hydrogen) atoms. The quantitative estimate of drug-likeness (QED) is 0.189. The van der Waals surface area contributed by atoms with Crippen LogP contribution >= 0.6 is 0 Å². The summed E-state index contributed by atoms with van der Waals surface area (Å²) >= 11 is 0. The summed E-state index contributed by atoms with van der Waals surface area (Å²) in [5.41, 5.74) is 7.00. The van der Waals surface area contributed by atoms with Crippen LogP contribution in [-0.4, -0.2) is 0 Å². The van der Waals surface area contributed by atoms with E-state index in [1.165, 1.54) is 0 Å². The molecular formula is C44H28O. The molecule has 0 radical (unpaired) electrons. The molecule has 0 amide bonds. The SMILES string of the molecule is [2H]c1c([2H])c([2H])c2c(-c3cccc4oc5cc(-c6cccc(-c7ccccc7)c6)ccc5c34)c3c([2H])c([2H])c([2H])c([2H])c3c(-c3ccccc3)c2c1[2H]. The van der Waals surface area contributed by atoms with Crippen LogP contribution in [0.2, 0.25) is 0 Å². The van der Waals surface area contributed by atoms with Gasteiger partial charge in [0, 0.05) is 10.8 Å². The molecule has 9 rings (SSSR count).